The summed E-state index contributed by atoms with van der Waals surface area (Å²) in [6.45, 7) is 5.09. The van der Waals surface area contributed by atoms with Gasteiger partial charge in [0.2, 0.25) is 5.91 Å². The fourth-order valence-corrected chi connectivity index (χ4v) is 5.02. The number of likely N-dealkylation sites (tertiary alicyclic amines) is 1. The van der Waals surface area contributed by atoms with E-state index in [1.807, 2.05) is 52.0 Å². The topological polar surface area (TPSA) is 44.1 Å². The summed E-state index contributed by atoms with van der Waals surface area (Å²) in [6, 6.07) is 13.3. The number of nitrogens with zero attached hydrogens (tertiary/aromatic N) is 5. The molecule has 2 fully saturated rings. The van der Waals surface area contributed by atoms with Crippen molar-refractivity contribution in [2.45, 2.75) is 31.7 Å². The van der Waals surface area contributed by atoms with E-state index in [9.17, 15) is 9.18 Å². The highest BCUT2D eigenvalue weighted by atomic mass is 19.1. The van der Waals surface area contributed by atoms with Crippen LogP contribution in [0.2, 0.25) is 0 Å². The highest BCUT2D eigenvalue weighted by molar-refractivity contribution is 5.76. The highest BCUT2D eigenvalue weighted by Crippen LogP contribution is 2.23. The number of amides is 1. The molecule has 5 rings (SSSR count). The second-order valence-corrected chi connectivity index (χ2v) is 8.81. The molecule has 0 bridgehead atoms. The number of carbonyl (C=O) groups excluding carboxylic acids is 1. The van der Waals surface area contributed by atoms with Crippen LogP contribution in [0, 0.1) is 5.82 Å². The number of hydrogen-bond acceptors (Lipinski definition) is 4. The van der Waals surface area contributed by atoms with E-state index in [1.54, 1.807) is 6.07 Å². The standard InChI is InChI=1S/C25H30FN5O/c26-22-7-1-2-8-23(22)29-16-14-28(15-17-29)21-6-5-13-31(19-21)25(32)11-10-20-18-30-12-4-3-9-24(30)27-20/h1-4,7-9,12,18,21H,5-6,10-11,13-17,19H2. The van der Waals surface area contributed by atoms with Gasteiger partial charge in [0, 0.05) is 64.1 Å². The van der Waals surface area contributed by atoms with Crippen molar-refractivity contribution in [2.75, 3.05) is 44.2 Å². The summed E-state index contributed by atoms with van der Waals surface area (Å²) in [7, 11) is 0. The van der Waals surface area contributed by atoms with Crippen LogP contribution in [0.15, 0.2) is 54.9 Å². The summed E-state index contributed by atoms with van der Waals surface area (Å²) in [6.07, 6.45) is 7.32. The third-order valence-corrected chi connectivity index (χ3v) is 6.78. The van der Waals surface area contributed by atoms with Gasteiger partial charge in [0.1, 0.15) is 11.5 Å². The molecule has 1 amide bonds. The van der Waals surface area contributed by atoms with E-state index in [4.69, 9.17) is 0 Å². The first kappa shape index (κ1) is 20.9. The molecule has 0 spiro atoms. The van der Waals surface area contributed by atoms with Crippen LogP contribution in [0.4, 0.5) is 10.1 Å². The van der Waals surface area contributed by atoms with Crippen LogP contribution in [-0.4, -0.2) is 70.4 Å². The lowest BCUT2D eigenvalue weighted by atomic mass is 10.0. The lowest BCUT2D eigenvalue weighted by Crippen LogP contribution is -2.56. The number of piperazine rings is 1. The van der Waals surface area contributed by atoms with Crippen molar-refractivity contribution in [1.29, 1.82) is 0 Å². The fraction of sp³-hybridized carbons (Fsp3) is 0.440. The number of benzene rings is 1. The molecular formula is C25H30FN5O. The van der Waals surface area contributed by atoms with Gasteiger partial charge in [-0.25, -0.2) is 9.37 Å². The number of piperidine rings is 1. The Bertz CT molecular complexity index is 1040. The molecule has 2 aliphatic rings. The van der Waals surface area contributed by atoms with Gasteiger partial charge in [0.05, 0.1) is 11.4 Å². The van der Waals surface area contributed by atoms with Gasteiger partial charge in [-0.05, 0) is 43.5 Å². The predicted molar refractivity (Wildman–Crippen MR) is 123 cm³/mol. The van der Waals surface area contributed by atoms with Crippen LogP contribution in [0.25, 0.3) is 5.65 Å². The Morgan fingerprint density at radius 1 is 1.03 bits per heavy atom. The molecule has 0 radical (unpaired) electrons. The zero-order valence-electron chi connectivity index (χ0n) is 18.4. The summed E-state index contributed by atoms with van der Waals surface area (Å²) >= 11 is 0. The third kappa shape index (κ3) is 4.48. The van der Waals surface area contributed by atoms with Crippen molar-refractivity contribution < 1.29 is 9.18 Å². The minimum atomic E-state index is -0.152. The van der Waals surface area contributed by atoms with Gasteiger partial charge in [-0.1, -0.05) is 18.2 Å². The van der Waals surface area contributed by atoms with Gasteiger partial charge in [-0.3, -0.25) is 9.69 Å². The van der Waals surface area contributed by atoms with Crippen LogP contribution >= 0.6 is 0 Å². The minimum Gasteiger partial charge on any atom is -0.367 e. The molecule has 0 saturated carbocycles. The van der Waals surface area contributed by atoms with Crippen LogP contribution in [-0.2, 0) is 11.2 Å². The predicted octanol–water partition coefficient (Wildman–Crippen LogP) is 3.22. The van der Waals surface area contributed by atoms with E-state index in [-0.39, 0.29) is 11.7 Å². The minimum absolute atomic E-state index is 0.152. The first-order valence-electron chi connectivity index (χ1n) is 11.6. The maximum atomic E-state index is 14.1. The third-order valence-electron chi connectivity index (χ3n) is 6.78. The summed E-state index contributed by atoms with van der Waals surface area (Å²) in [4.78, 5) is 24.2. The van der Waals surface area contributed by atoms with Gasteiger partial charge in [-0.15, -0.1) is 0 Å². The highest BCUT2D eigenvalue weighted by Gasteiger charge is 2.30. The van der Waals surface area contributed by atoms with E-state index in [0.717, 1.165) is 63.5 Å². The summed E-state index contributed by atoms with van der Waals surface area (Å²) in [5.41, 5.74) is 2.57. The van der Waals surface area contributed by atoms with Crippen molar-refractivity contribution in [1.82, 2.24) is 19.2 Å². The number of aromatic nitrogens is 2. The molecule has 0 N–H and O–H groups in total. The summed E-state index contributed by atoms with van der Waals surface area (Å²) in [5.74, 6) is 0.0674. The van der Waals surface area contributed by atoms with Crippen LogP contribution in [0.3, 0.4) is 0 Å². The zero-order chi connectivity index (χ0) is 21.9. The Morgan fingerprint density at radius 2 is 1.84 bits per heavy atom. The second kappa shape index (κ2) is 9.28. The maximum absolute atomic E-state index is 14.1. The number of para-hydroxylation sites is 1. The quantitative estimate of drug-likeness (QED) is 0.617. The number of rotatable bonds is 5. The van der Waals surface area contributed by atoms with Crippen molar-refractivity contribution >= 4 is 17.2 Å². The Labute approximate surface area is 188 Å². The number of pyridine rings is 1. The molecule has 2 aliphatic heterocycles. The fourth-order valence-electron chi connectivity index (χ4n) is 5.02. The van der Waals surface area contributed by atoms with Gasteiger partial charge < -0.3 is 14.2 Å². The van der Waals surface area contributed by atoms with Gasteiger partial charge in [0.15, 0.2) is 0 Å². The number of imidazole rings is 1. The molecule has 2 aromatic heterocycles. The number of fused-ring (bicyclic) bond motifs is 1. The Hall–Kier alpha value is -2.93. The number of anilines is 1. The number of hydrogen-bond donors (Lipinski definition) is 0. The van der Waals surface area contributed by atoms with Crippen molar-refractivity contribution in [3.8, 4) is 0 Å². The van der Waals surface area contributed by atoms with Gasteiger partial charge in [0.25, 0.3) is 0 Å². The van der Waals surface area contributed by atoms with Crippen LogP contribution in [0.5, 0.6) is 0 Å². The van der Waals surface area contributed by atoms with Crippen molar-refractivity contribution in [3.05, 3.63) is 66.4 Å². The molecule has 4 heterocycles. The Kier molecular flexibility index (Phi) is 6.08. The van der Waals surface area contributed by atoms with Crippen molar-refractivity contribution in [3.63, 3.8) is 0 Å². The molecule has 32 heavy (non-hydrogen) atoms. The van der Waals surface area contributed by atoms with Crippen LogP contribution < -0.4 is 4.90 Å². The Balaban J connectivity index is 1.13. The van der Waals surface area contributed by atoms with Gasteiger partial charge in [-0.2, -0.15) is 0 Å². The molecule has 1 atom stereocenters. The molecular weight excluding hydrogens is 405 g/mol. The molecule has 0 aliphatic carbocycles. The molecule has 168 valence electrons. The average molecular weight is 436 g/mol. The molecule has 3 aromatic rings. The lowest BCUT2D eigenvalue weighted by Gasteiger charge is -2.44. The van der Waals surface area contributed by atoms with Gasteiger partial charge >= 0.3 is 0 Å². The number of halogens is 1. The molecule has 2 saturated heterocycles. The molecule has 7 heteroatoms. The SMILES string of the molecule is O=C(CCc1cn2ccccc2n1)N1CCCC(N2CCN(c3ccccc3F)CC2)C1. The first-order valence-corrected chi connectivity index (χ1v) is 11.6. The van der Waals surface area contributed by atoms with E-state index >= 15 is 0 Å². The zero-order valence-corrected chi connectivity index (χ0v) is 18.4. The summed E-state index contributed by atoms with van der Waals surface area (Å²) < 4.78 is 16.1. The maximum Gasteiger partial charge on any atom is 0.223 e. The van der Waals surface area contributed by atoms with E-state index in [0.29, 0.717) is 24.6 Å². The summed E-state index contributed by atoms with van der Waals surface area (Å²) in [5, 5.41) is 0. The average Bonchev–Trinajstić information content (AvgIpc) is 3.26. The smallest absolute Gasteiger partial charge is 0.223 e. The second-order valence-electron chi connectivity index (χ2n) is 8.81. The Morgan fingerprint density at radius 3 is 2.66 bits per heavy atom. The number of aryl methyl sites for hydroxylation is 1. The largest absolute Gasteiger partial charge is 0.367 e. The van der Waals surface area contributed by atoms with E-state index < -0.39 is 0 Å². The van der Waals surface area contributed by atoms with E-state index in [2.05, 4.69) is 14.8 Å². The van der Waals surface area contributed by atoms with Crippen LogP contribution in [0.1, 0.15) is 25.0 Å². The monoisotopic (exact) mass is 435 g/mol. The molecule has 1 aromatic carbocycles. The lowest BCUT2D eigenvalue weighted by molar-refractivity contribution is -0.133. The van der Waals surface area contributed by atoms with E-state index in [1.165, 1.54) is 6.07 Å². The molecule has 6 nitrogen and oxygen atoms in total. The van der Waals surface area contributed by atoms with Crippen molar-refractivity contribution in [2.24, 2.45) is 0 Å². The normalized spacial score (nSPS) is 20.1. The number of carbonyl (C=O) groups is 1. The molecule has 1 unspecified atom stereocenters. The first-order chi connectivity index (χ1) is 15.7.